The van der Waals surface area contributed by atoms with Crippen LogP contribution in [0.4, 0.5) is 0 Å². The maximum atomic E-state index is 13.0. The zero-order chi connectivity index (χ0) is 25.8. The molecule has 0 bridgehead atoms. The molecule has 0 saturated heterocycles. The summed E-state index contributed by atoms with van der Waals surface area (Å²) in [6.45, 7) is 0.330. The first-order chi connectivity index (χ1) is 18.1. The van der Waals surface area contributed by atoms with E-state index >= 15 is 0 Å². The van der Waals surface area contributed by atoms with E-state index in [1.807, 2.05) is 30.3 Å². The lowest BCUT2D eigenvalue weighted by atomic mass is 10.1. The molecule has 1 amide bonds. The predicted molar refractivity (Wildman–Crippen MR) is 138 cm³/mol. The molecule has 0 radical (unpaired) electrons. The molecule has 0 spiro atoms. The van der Waals surface area contributed by atoms with Crippen LogP contribution in [0.15, 0.2) is 77.7 Å². The highest BCUT2D eigenvalue weighted by Gasteiger charge is 2.17. The topological polar surface area (TPSA) is 124 Å². The molecule has 0 fully saturated rings. The number of nitrogens with zero attached hydrogens (tertiary/aromatic N) is 4. The SMILES string of the molecule is COc1ccc(OC)c(-c2cc(C(=O)NCc3nn(Cc4ccccn4)c(=O)c4ccccc34)[nH]n2)c1. The number of nitrogens with one attached hydrogen (secondary N) is 2. The maximum absolute atomic E-state index is 13.0. The van der Waals surface area contributed by atoms with E-state index in [1.54, 1.807) is 56.8 Å². The van der Waals surface area contributed by atoms with Crippen LogP contribution in [0.3, 0.4) is 0 Å². The molecule has 10 heteroatoms. The Bertz CT molecular complexity index is 1630. The van der Waals surface area contributed by atoms with Crippen molar-refractivity contribution in [1.29, 1.82) is 0 Å². The number of pyridine rings is 1. The van der Waals surface area contributed by atoms with E-state index in [2.05, 4.69) is 25.6 Å². The minimum atomic E-state index is -0.367. The Kier molecular flexibility index (Phi) is 6.62. The average Bonchev–Trinajstić information content (AvgIpc) is 3.44. The molecule has 5 rings (SSSR count). The van der Waals surface area contributed by atoms with Crippen LogP contribution < -0.4 is 20.3 Å². The van der Waals surface area contributed by atoms with E-state index in [0.29, 0.717) is 44.9 Å². The first kappa shape index (κ1) is 23.7. The van der Waals surface area contributed by atoms with E-state index in [9.17, 15) is 9.59 Å². The number of amides is 1. The van der Waals surface area contributed by atoms with Crippen LogP contribution in [0.25, 0.3) is 22.0 Å². The number of carbonyl (C=O) groups is 1. The Hall–Kier alpha value is -4.99. The second-order valence-electron chi connectivity index (χ2n) is 8.19. The maximum Gasteiger partial charge on any atom is 0.275 e. The van der Waals surface area contributed by atoms with Crippen LogP contribution in [0, 0.1) is 0 Å². The molecule has 3 heterocycles. The van der Waals surface area contributed by atoms with Gasteiger partial charge in [-0.1, -0.05) is 24.3 Å². The van der Waals surface area contributed by atoms with Crippen molar-refractivity contribution in [3.63, 3.8) is 0 Å². The van der Waals surface area contributed by atoms with Gasteiger partial charge in [0.25, 0.3) is 11.5 Å². The second kappa shape index (κ2) is 10.3. The molecule has 37 heavy (non-hydrogen) atoms. The van der Waals surface area contributed by atoms with E-state index in [1.165, 1.54) is 4.68 Å². The van der Waals surface area contributed by atoms with Gasteiger partial charge in [0.05, 0.1) is 49.8 Å². The lowest BCUT2D eigenvalue weighted by molar-refractivity contribution is 0.0945. The Morgan fingerprint density at radius 2 is 1.81 bits per heavy atom. The highest BCUT2D eigenvalue weighted by atomic mass is 16.5. The number of carbonyl (C=O) groups excluding carboxylic acids is 1. The van der Waals surface area contributed by atoms with Crippen LogP contribution in [-0.4, -0.2) is 45.1 Å². The van der Waals surface area contributed by atoms with Gasteiger partial charge in [0.1, 0.15) is 17.2 Å². The molecule has 3 aromatic heterocycles. The fraction of sp³-hybridized carbons (Fsp3) is 0.148. The molecule has 10 nitrogen and oxygen atoms in total. The summed E-state index contributed by atoms with van der Waals surface area (Å²) in [5.41, 5.74) is 2.54. The molecule has 2 aromatic carbocycles. The number of aromatic amines is 1. The van der Waals surface area contributed by atoms with Gasteiger partial charge >= 0.3 is 0 Å². The fourth-order valence-corrected chi connectivity index (χ4v) is 4.04. The van der Waals surface area contributed by atoms with Gasteiger partial charge in [-0.15, -0.1) is 0 Å². The summed E-state index contributed by atoms with van der Waals surface area (Å²) < 4.78 is 12.1. The van der Waals surface area contributed by atoms with Crippen molar-refractivity contribution in [1.82, 2.24) is 30.3 Å². The normalized spacial score (nSPS) is 10.9. The summed E-state index contributed by atoms with van der Waals surface area (Å²) in [7, 11) is 3.14. The van der Waals surface area contributed by atoms with Gasteiger partial charge in [-0.2, -0.15) is 10.2 Å². The van der Waals surface area contributed by atoms with Crippen LogP contribution in [0.5, 0.6) is 11.5 Å². The summed E-state index contributed by atoms with van der Waals surface area (Å²) >= 11 is 0. The zero-order valence-electron chi connectivity index (χ0n) is 20.3. The Morgan fingerprint density at radius 3 is 2.57 bits per heavy atom. The molecule has 186 valence electrons. The number of hydrogen-bond donors (Lipinski definition) is 2. The molecule has 2 N–H and O–H groups in total. The summed E-state index contributed by atoms with van der Waals surface area (Å²) in [5, 5.41) is 15.7. The molecular formula is C27H24N6O4. The molecule has 0 aliphatic heterocycles. The quantitative estimate of drug-likeness (QED) is 0.338. The third kappa shape index (κ3) is 4.90. The lowest BCUT2D eigenvalue weighted by Crippen LogP contribution is -2.29. The first-order valence-electron chi connectivity index (χ1n) is 11.5. The second-order valence-corrected chi connectivity index (χ2v) is 8.19. The minimum Gasteiger partial charge on any atom is -0.497 e. The number of ether oxygens (including phenoxy) is 2. The van der Waals surface area contributed by atoms with E-state index in [-0.39, 0.29) is 30.2 Å². The van der Waals surface area contributed by atoms with Gasteiger partial charge < -0.3 is 14.8 Å². The summed E-state index contributed by atoms with van der Waals surface area (Å²) in [6, 6.07) is 19.7. The molecular weight excluding hydrogens is 472 g/mol. The number of H-pyrrole nitrogens is 1. The van der Waals surface area contributed by atoms with Crippen molar-refractivity contribution in [3.8, 4) is 22.8 Å². The minimum absolute atomic E-state index is 0.110. The van der Waals surface area contributed by atoms with Crippen molar-refractivity contribution in [3.05, 3.63) is 100 Å². The number of methoxy groups -OCH3 is 2. The van der Waals surface area contributed by atoms with Gasteiger partial charge in [0.2, 0.25) is 0 Å². The zero-order valence-corrected chi connectivity index (χ0v) is 20.3. The van der Waals surface area contributed by atoms with Crippen molar-refractivity contribution < 1.29 is 14.3 Å². The number of benzene rings is 2. The van der Waals surface area contributed by atoms with E-state index in [4.69, 9.17) is 9.47 Å². The van der Waals surface area contributed by atoms with Crippen LogP contribution in [-0.2, 0) is 13.1 Å². The van der Waals surface area contributed by atoms with Gasteiger partial charge in [-0.25, -0.2) is 4.68 Å². The summed E-state index contributed by atoms with van der Waals surface area (Å²) in [4.78, 5) is 30.3. The van der Waals surface area contributed by atoms with Crippen LogP contribution in [0.1, 0.15) is 21.9 Å². The fourth-order valence-electron chi connectivity index (χ4n) is 4.04. The monoisotopic (exact) mass is 496 g/mol. The molecule has 0 atom stereocenters. The van der Waals surface area contributed by atoms with Crippen LogP contribution in [0.2, 0.25) is 0 Å². The lowest BCUT2D eigenvalue weighted by Gasteiger charge is -2.11. The Labute approximate surface area is 211 Å². The Morgan fingerprint density at radius 1 is 1.00 bits per heavy atom. The third-order valence-electron chi connectivity index (χ3n) is 5.90. The summed E-state index contributed by atoms with van der Waals surface area (Å²) in [6.07, 6.45) is 1.67. The first-order valence-corrected chi connectivity index (χ1v) is 11.5. The number of fused-ring (bicyclic) bond motifs is 1. The van der Waals surface area contributed by atoms with Crippen LogP contribution >= 0.6 is 0 Å². The highest BCUT2D eigenvalue weighted by Crippen LogP contribution is 2.32. The van der Waals surface area contributed by atoms with Gasteiger partial charge in [-0.05, 0) is 42.5 Å². The van der Waals surface area contributed by atoms with Gasteiger partial charge in [-0.3, -0.25) is 19.7 Å². The number of hydrogen-bond acceptors (Lipinski definition) is 7. The molecule has 0 aliphatic rings. The predicted octanol–water partition coefficient (Wildman–Crippen LogP) is 3.18. The smallest absolute Gasteiger partial charge is 0.275 e. The highest BCUT2D eigenvalue weighted by molar-refractivity contribution is 5.94. The number of rotatable bonds is 8. The van der Waals surface area contributed by atoms with Crippen molar-refractivity contribution in [2.24, 2.45) is 0 Å². The molecule has 0 unspecified atom stereocenters. The van der Waals surface area contributed by atoms with E-state index in [0.717, 1.165) is 0 Å². The van der Waals surface area contributed by atoms with Crippen molar-refractivity contribution in [2.75, 3.05) is 14.2 Å². The molecule has 0 aliphatic carbocycles. The largest absolute Gasteiger partial charge is 0.497 e. The van der Waals surface area contributed by atoms with Gasteiger partial charge in [0, 0.05) is 17.1 Å². The molecule has 0 saturated carbocycles. The third-order valence-corrected chi connectivity index (χ3v) is 5.90. The average molecular weight is 497 g/mol. The number of aromatic nitrogens is 5. The van der Waals surface area contributed by atoms with Crippen molar-refractivity contribution >= 4 is 16.7 Å². The summed E-state index contributed by atoms with van der Waals surface area (Å²) in [5.74, 6) is 0.877. The standard InChI is InChI=1S/C27H24N6O4/c1-36-18-10-11-25(37-2)21(13-18)22-14-23(31-30-22)26(34)29-15-24-19-8-3-4-9-20(19)27(35)33(32-24)16-17-7-5-6-12-28-17/h3-14H,15-16H2,1-2H3,(H,29,34)(H,30,31). The van der Waals surface area contributed by atoms with Gasteiger partial charge in [0.15, 0.2) is 0 Å². The Balaban J connectivity index is 1.40. The van der Waals surface area contributed by atoms with Crippen molar-refractivity contribution in [2.45, 2.75) is 13.1 Å². The van der Waals surface area contributed by atoms with E-state index < -0.39 is 0 Å². The molecule has 5 aromatic rings.